The third-order valence-electron chi connectivity index (χ3n) is 2.59. The molecule has 3 N–H and O–H groups in total. The number of rotatable bonds is 0. The van der Waals surface area contributed by atoms with E-state index in [9.17, 15) is 18.4 Å². The molecule has 0 radical (unpaired) electrons. The van der Waals surface area contributed by atoms with Crippen molar-refractivity contribution in [3.05, 3.63) is 0 Å². The topological polar surface area (TPSA) is 70.2 Å². The maximum atomic E-state index is 13.5. The van der Waals surface area contributed by atoms with E-state index in [4.69, 9.17) is 0 Å². The van der Waals surface area contributed by atoms with Crippen LogP contribution in [0.2, 0.25) is 0 Å². The summed E-state index contributed by atoms with van der Waals surface area (Å²) in [6, 6.07) is -0.850. The summed E-state index contributed by atoms with van der Waals surface area (Å²) in [5, 5.41) is 6.34. The Kier molecular flexibility index (Phi) is 2.88. The lowest BCUT2D eigenvalue weighted by Gasteiger charge is -2.38. The number of alkyl halides is 2. The number of nitrogens with one attached hydrogen (secondary N) is 3. The quantitative estimate of drug-likeness (QED) is 0.506. The fourth-order valence-corrected chi connectivity index (χ4v) is 1.78. The molecule has 0 aliphatic carbocycles. The minimum atomic E-state index is -3.25. The molecule has 2 aliphatic rings. The van der Waals surface area contributed by atoms with Crippen molar-refractivity contribution in [1.29, 1.82) is 0 Å². The standard InChI is InChI=1S/C7H9F2N3O2.ClH/c8-7(9)3-10-2-1-6(7)4(13)11-5(14)12-6;/h10H,1-3H2,(H2,11,12,13,14);1H. The molecule has 1 atom stereocenters. The highest BCUT2D eigenvalue weighted by Gasteiger charge is 2.64. The fraction of sp³-hybridized carbons (Fsp3) is 0.714. The summed E-state index contributed by atoms with van der Waals surface area (Å²) in [7, 11) is 0. The van der Waals surface area contributed by atoms with Crippen LogP contribution in [0.15, 0.2) is 0 Å². The minimum Gasteiger partial charge on any atom is -0.318 e. The van der Waals surface area contributed by atoms with Gasteiger partial charge in [-0.05, 0) is 13.0 Å². The van der Waals surface area contributed by atoms with Gasteiger partial charge >= 0.3 is 6.03 Å². The summed E-state index contributed by atoms with van der Waals surface area (Å²) in [4.78, 5) is 22.1. The first-order valence-corrected chi connectivity index (χ1v) is 4.20. The Balaban J connectivity index is 0.00000112. The lowest BCUT2D eigenvalue weighted by Crippen LogP contribution is -2.67. The first-order chi connectivity index (χ1) is 6.48. The van der Waals surface area contributed by atoms with Gasteiger partial charge in [0.25, 0.3) is 11.8 Å². The van der Waals surface area contributed by atoms with Crippen molar-refractivity contribution >= 4 is 24.3 Å². The molecule has 2 fully saturated rings. The molecule has 2 rings (SSSR count). The van der Waals surface area contributed by atoms with Crippen molar-refractivity contribution < 1.29 is 18.4 Å². The van der Waals surface area contributed by atoms with Crippen molar-refractivity contribution in [2.75, 3.05) is 13.1 Å². The lowest BCUT2D eigenvalue weighted by molar-refractivity contribution is -0.146. The smallest absolute Gasteiger partial charge is 0.318 e. The zero-order valence-electron chi connectivity index (χ0n) is 7.60. The molecule has 15 heavy (non-hydrogen) atoms. The largest absolute Gasteiger partial charge is 0.322 e. The average Bonchev–Trinajstić information content (AvgIpc) is 2.35. The van der Waals surface area contributed by atoms with Crippen LogP contribution in [-0.4, -0.2) is 36.5 Å². The van der Waals surface area contributed by atoms with Crippen LogP contribution in [0.5, 0.6) is 0 Å². The van der Waals surface area contributed by atoms with Crippen LogP contribution in [0.3, 0.4) is 0 Å². The Morgan fingerprint density at radius 3 is 2.40 bits per heavy atom. The molecule has 2 heterocycles. The van der Waals surface area contributed by atoms with E-state index in [1.807, 2.05) is 10.6 Å². The number of carbonyl (C=O) groups is 2. The highest BCUT2D eigenvalue weighted by Crippen LogP contribution is 2.35. The monoisotopic (exact) mass is 241 g/mol. The predicted molar refractivity (Wildman–Crippen MR) is 49.1 cm³/mol. The number of piperidine rings is 1. The molecule has 2 aliphatic heterocycles. The predicted octanol–water partition coefficient (Wildman–Crippen LogP) is -0.385. The van der Waals surface area contributed by atoms with Crippen molar-refractivity contribution in [1.82, 2.24) is 16.0 Å². The highest BCUT2D eigenvalue weighted by molar-refractivity contribution is 6.07. The minimum absolute atomic E-state index is 0. The molecule has 0 saturated carbocycles. The van der Waals surface area contributed by atoms with Gasteiger partial charge in [0.05, 0.1) is 6.54 Å². The first kappa shape index (κ1) is 12.1. The maximum absolute atomic E-state index is 13.5. The summed E-state index contributed by atoms with van der Waals surface area (Å²) < 4.78 is 26.9. The zero-order valence-corrected chi connectivity index (χ0v) is 8.42. The maximum Gasteiger partial charge on any atom is 0.322 e. The number of halogens is 3. The van der Waals surface area contributed by atoms with Crippen molar-refractivity contribution in [2.24, 2.45) is 0 Å². The van der Waals surface area contributed by atoms with Crippen molar-refractivity contribution in [3.8, 4) is 0 Å². The second-order valence-electron chi connectivity index (χ2n) is 3.44. The molecule has 0 aromatic carbocycles. The van der Waals surface area contributed by atoms with Crippen LogP contribution in [0, 0.1) is 0 Å². The average molecular weight is 242 g/mol. The number of urea groups is 1. The van der Waals surface area contributed by atoms with Gasteiger partial charge < -0.3 is 10.6 Å². The second kappa shape index (κ2) is 3.57. The molecule has 0 aromatic rings. The Bertz CT molecular complexity index is 313. The normalized spacial score (nSPS) is 33.2. The summed E-state index contributed by atoms with van der Waals surface area (Å²) >= 11 is 0. The molecule has 0 aromatic heterocycles. The van der Waals surface area contributed by atoms with E-state index in [1.165, 1.54) is 0 Å². The van der Waals surface area contributed by atoms with Gasteiger partial charge in [-0.3, -0.25) is 10.1 Å². The van der Waals surface area contributed by atoms with E-state index in [-0.39, 0.29) is 25.4 Å². The number of amides is 3. The molecular formula is C7H10ClF2N3O2. The summed E-state index contributed by atoms with van der Waals surface area (Å²) in [5.74, 6) is -4.18. The fourth-order valence-electron chi connectivity index (χ4n) is 1.78. The molecule has 1 spiro atoms. The van der Waals surface area contributed by atoms with Crippen molar-refractivity contribution in [2.45, 2.75) is 17.9 Å². The van der Waals surface area contributed by atoms with Gasteiger partial charge in [-0.25, -0.2) is 13.6 Å². The van der Waals surface area contributed by atoms with Gasteiger partial charge in [-0.1, -0.05) is 0 Å². The van der Waals surface area contributed by atoms with E-state index in [2.05, 4.69) is 5.32 Å². The van der Waals surface area contributed by atoms with E-state index in [1.54, 1.807) is 0 Å². The Morgan fingerprint density at radius 2 is 1.93 bits per heavy atom. The van der Waals surface area contributed by atoms with Gasteiger partial charge in [0.1, 0.15) is 0 Å². The highest BCUT2D eigenvalue weighted by atomic mass is 35.5. The number of imide groups is 1. The van der Waals surface area contributed by atoms with Gasteiger partial charge in [-0.2, -0.15) is 0 Å². The number of carbonyl (C=O) groups excluding carboxylic acids is 2. The third kappa shape index (κ3) is 1.55. The zero-order chi connectivity index (χ0) is 10.4. The Hall–Kier alpha value is -0.950. The van der Waals surface area contributed by atoms with E-state index in [0.717, 1.165) is 0 Å². The van der Waals surface area contributed by atoms with Crippen LogP contribution in [-0.2, 0) is 4.79 Å². The van der Waals surface area contributed by atoms with Crippen LogP contribution in [0.1, 0.15) is 6.42 Å². The SMILES string of the molecule is Cl.O=C1NC(=O)C2(CCNCC2(F)F)N1. The molecule has 8 heteroatoms. The van der Waals surface area contributed by atoms with Gasteiger partial charge in [0.2, 0.25) is 0 Å². The van der Waals surface area contributed by atoms with Gasteiger partial charge in [0, 0.05) is 0 Å². The molecular weight excluding hydrogens is 232 g/mol. The Morgan fingerprint density at radius 1 is 1.27 bits per heavy atom. The van der Waals surface area contributed by atoms with Crippen LogP contribution in [0.4, 0.5) is 13.6 Å². The first-order valence-electron chi connectivity index (χ1n) is 4.20. The van der Waals surface area contributed by atoms with Crippen LogP contribution in [0.25, 0.3) is 0 Å². The molecule has 3 amide bonds. The molecule has 2 saturated heterocycles. The number of hydrogen-bond acceptors (Lipinski definition) is 3. The third-order valence-corrected chi connectivity index (χ3v) is 2.59. The van der Waals surface area contributed by atoms with E-state index in [0.29, 0.717) is 0 Å². The molecule has 5 nitrogen and oxygen atoms in total. The van der Waals surface area contributed by atoms with Crippen LogP contribution >= 0.6 is 12.4 Å². The lowest BCUT2D eigenvalue weighted by atomic mass is 9.85. The Labute approximate surface area is 90.4 Å². The summed E-state index contributed by atoms with van der Waals surface area (Å²) in [6.07, 6.45) is -0.0996. The molecule has 0 bridgehead atoms. The van der Waals surface area contributed by atoms with Gasteiger partial charge in [-0.15, -0.1) is 12.4 Å². The molecule has 1 unspecified atom stereocenters. The number of hydrogen-bond donors (Lipinski definition) is 3. The second-order valence-corrected chi connectivity index (χ2v) is 3.44. The van der Waals surface area contributed by atoms with Gasteiger partial charge in [0.15, 0.2) is 5.54 Å². The van der Waals surface area contributed by atoms with E-state index < -0.39 is 29.9 Å². The van der Waals surface area contributed by atoms with Crippen LogP contribution < -0.4 is 16.0 Å². The summed E-state index contributed by atoms with van der Waals surface area (Å²) in [6.45, 7) is -0.315. The molecule has 86 valence electrons. The van der Waals surface area contributed by atoms with Crippen molar-refractivity contribution in [3.63, 3.8) is 0 Å². The summed E-state index contributed by atoms with van der Waals surface area (Å²) in [5.41, 5.74) is -2.05. The van der Waals surface area contributed by atoms with E-state index >= 15 is 0 Å².